The Morgan fingerprint density at radius 1 is 0.946 bits per heavy atom. The minimum atomic E-state index is -0.900. The number of benzene rings is 3. The van der Waals surface area contributed by atoms with Gasteiger partial charge >= 0.3 is 0 Å². The maximum Gasteiger partial charge on any atom is 0.300 e. The van der Waals surface area contributed by atoms with Gasteiger partial charge in [-0.25, -0.2) is 0 Å². The highest BCUT2D eigenvalue weighted by Crippen LogP contribution is 2.45. The van der Waals surface area contributed by atoms with Crippen LogP contribution in [-0.4, -0.2) is 51.7 Å². The van der Waals surface area contributed by atoms with Crippen LogP contribution < -0.4 is 24.0 Å². The normalized spacial score (nSPS) is 16.6. The standard InChI is InChI=1S/C29H30N2O6/c1-6-37-21-10-7-9-20(17-21)31-26(18-13-15-19(16-14-18)30(2)3)25(28(33)29(31)34)27(32)24-22(35-4)11-8-12-23(24)36-5/h7-17,26,32H,6H2,1-5H3/b27-25+. The van der Waals surface area contributed by atoms with Crippen molar-refractivity contribution in [2.75, 3.05) is 44.7 Å². The SMILES string of the molecule is CCOc1cccc(N2C(=O)C(=O)/C(=C(/O)c3c(OC)cccc3OC)C2c2ccc(N(C)C)cc2)c1. The molecule has 1 atom stereocenters. The molecule has 1 amide bonds. The Morgan fingerprint density at radius 3 is 2.14 bits per heavy atom. The molecule has 8 nitrogen and oxygen atoms in total. The molecule has 3 aromatic rings. The zero-order valence-corrected chi connectivity index (χ0v) is 21.5. The van der Waals surface area contributed by atoms with Crippen molar-refractivity contribution in [3.05, 3.63) is 83.4 Å². The van der Waals surface area contributed by atoms with Gasteiger partial charge in [0.2, 0.25) is 0 Å². The number of amides is 1. The van der Waals surface area contributed by atoms with Gasteiger partial charge in [-0.05, 0) is 48.9 Å². The number of carbonyl (C=O) groups excluding carboxylic acids is 2. The molecule has 0 radical (unpaired) electrons. The molecular formula is C29H30N2O6. The molecule has 1 aliphatic rings. The molecule has 0 bridgehead atoms. The van der Waals surface area contributed by atoms with E-state index in [4.69, 9.17) is 14.2 Å². The van der Waals surface area contributed by atoms with Crippen molar-refractivity contribution in [2.45, 2.75) is 13.0 Å². The van der Waals surface area contributed by atoms with E-state index in [1.807, 2.05) is 50.2 Å². The van der Waals surface area contributed by atoms with E-state index in [2.05, 4.69) is 0 Å². The molecule has 1 heterocycles. The van der Waals surface area contributed by atoms with Gasteiger partial charge in [-0.3, -0.25) is 14.5 Å². The van der Waals surface area contributed by atoms with Gasteiger partial charge in [-0.1, -0.05) is 24.3 Å². The number of Topliss-reactive ketones (excluding diaryl/α,β-unsaturated/α-hetero) is 1. The first-order chi connectivity index (χ1) is 17.8. The molecule has 0 aliphatic carbocycles. The first-order valence-electron chi connectivity index (χ1n) is 11.8. The van der Waals surface area contributed by atoms with Gasteiger partial charge in [0.25, 0.3) is 11.7 Å². The summed E-state index contributed by atoms with van der Waals surface area (Å²) in [4.78, 5) is 30.4. The third-order valence-electron chi connectivity index (χ3n) is 6.24. The van der Waals surface area contributed by atoms with Crippen LogP contribution in [-0.2, 0) is 9.59 Å². The second kappa shape index (κ2) is 10.7. The summed E-state index contributed by atoms with van der Waals surface area (Å²) in [7, 11) is 6.77. The largest absolute Gasteiger partial charge is 0.506 e. The van der Waals surface area contributed by atoms with Crippen molar-refractivity contribution in [3.8, 4) is 17.2 Å². The van der Waals surface area contributed by atoms with E-state index >= 15 is 0 Å². The maximum atomic E-state index is 13.5. The van der Waals surface area contributed by atoms with Crippen LogP contribution in [0, 0.1) is 0 Å². The summed E-state index contributed by atoms with van der Waals surface area (Å²) in [6, 6.07) is 18.6. The van der Waals surface area contributed by atoms with Crippen molar-refractivity contribution in [1.29, 1.82) is 0 Å². The Balaban J connectivity index is 1.98. The monoisotopic (exact) mass is 502 g/mol. The van der Waals surface area contributed by atoms with Crippen LogP contribution in [0.3, 0.4) is 0 Å². The number of ether oxygens (including phenoxy) is 3. The van der Waals surface area contributed by atoms with Gasteiger partial charge in [0.15, 0.2) is 0 Å². The van der Waals surface area contributed by atoms with E-state index in [-0.39, 0.29) is 16.9 Å². The number of methoxy groups -OCH3 is 2. The van der Waals surface area contributed by atoms with Crippen LogP contribution >= 0.6 is 0 Å². The molecule has 1 fully saturated rings. The predicted octanol–water partition coefficient (Wildman–Crippen LogP) is 4.79. The summed E-state index contributed by atoms with van der Waals surface area (Å²) in [5.74, 6) is -0.765. The fourth-order valence-corrected chi connectivity index (χ4v) is 4.48. The van der Waals surface area contributed by atoms with E-state index in [1.165, 1.54) is 19.1 Å². The zero-order valence-electron chi connectivity index (χ0n) is 21.5. The Kier molecular flexibility index (Phi) is 7.38. The molecular weight excluding hydrogens is 472 g/mol. The number of carbonyl (C=O) groups is 2. The third kappa shape index (κ3) is 4.70. The van der Waals surface area contributed by atoms with Gasteiger partial charge in [-0.2, -0.15) is 0 Å². The summed E-state index contributed by atoms with van der Waals surface area (Å²) >= 11 is 0. The average molecular weight is 503 g/mol. The molecule has 1 unspecified atom stereocenters. The number of aliphatic hydroxyl groups excluding tert-OH is 1. The minimum Gasteiger partial charge on any atom is -0.506 e. The summed E-state index contributed by atoms with van der Waals surface area (Å²) < 4.78 is 16.6. The average Bonchev–Trinajstić information content (AvgIpc) is 3.18. The lowest BCUT2D eigenvalue weighted by atomic mass is 9.94. The van der Waals surface area contributed by atoms with Gasteiger partial charge in [-0.15, -0.1) is 0 Å². The molecule has 1 N–H and O–H groups in total. The molecule has 37 heavy (non-hydrogen) atoms. The first kappa shape index (κ1) is 25.6. The summed E-state index contributed by atoms with van der Waals surface area (Å²) in [6.45, 7) is 2.32. The van der Waals surface area contributed by atoms with Crippen LogP contribution in [0.25, 0.3) is 5.76 Å². The van der Waals surface area contributed by atoms with E-state index in [0.29, 0.717) is 35.1 Å². The Labute approximate surface area is 216 Å². The number of aliphatic hydroxyl groups is 1. The van der Waals surface area contributed by atoms with Gasteiger partial charge in [0.05, 0.1) is 32.4 Å². The molecule has 3 aromatic carbocycles. The fourth-order valence-electron chi connectivity index (χ4n) is 4.48. The fraction of sp³-hybridized carbons (Fsp3) is 0.241. The van der Waals surface area contributed by atoms with Gasteiger partial charge in [0.1, 0.15) is 28.6 Å². The maximum absolute atomic E-state index is 13.5. The lowest BCUT2D eigenvalue weighted by Gasteiger charge is -2.26. The van der Waals surface area contributed by atoms with Gasteiger partial charge < -0.3 is 24.2 Å². The highest BCUT2D eigenvalue weighted by Gasteiger charge is 2.47. The van der Waals surface area contributed by atoms with Crippen LogP contribution in [0.4, 0.5) is 11.4 Å². The highest BCUT2D eigenvalue weighted by molar-refractivity contribution is 6.51. The molecule has 4 rings (SSSR count). The molecule has 1 saturated heterocycles. The Bertz CT molecular complexity index is 1320. The summed E-state index contributed by atoms with van der Waals surface area (Å²) in [5.41, 5.74) is 2.21. The third-order valence-corrected chi connectivity index (χ3v) is 6.24. The second-order valence-electron chi connectivity index (χ2n) is 8.62. The van der Waals surface area contributed by atoms with Crippen molar-refractivity contribution in [3.63, 3.8) is 0 Å². The van der Waals surface area contributed by atoms with Crippen molar-refractivity contribution >= 4 is 28.8 Å². The second-order valence-corrected chi connectivity index (χ2v) is 8.62. The number of hydrogen-bond donors (Lipinski definition) is 1. The van der Waals surface area contributed by atoms with Crippen LogP contribution in [0.1, 0.15) is 24.1 Å². The van der Waals surface area contributed by atoms with E-state index < -0.39 is 17.7 Å². The Hall–Kier alpha value is -4.46. The molecule has 192 valence electrons. The van der Waals surface area contributed by atoms with Crippen molar-refractivity contribution < 1.29 is 28.9 Å². The summed E-state index contributed by atoms with van der Waals surface area (Å²) in [6.07, 6.45) is 0. The number of ketones is 1. The zero-order chi connectivity index (χ0) is 26.7. The number of rotatable bonds is 8. The van der Waals surface area contributed by atoms with Crippen LogP contribution in [0.5, 0.6) is 17.2 Å². The number of anilines is 2. The Morgan fingerprint density at radius 2 is 1.57 bits per heavy atom. The summed E-state index contributed by atoms with van der Waals surface area (Å²) in [5, 5.41) is 11.6. The molecule has 8 heteroatoms. The minimum absolute atomic E-state index is 0.0628. The molecule has 0 spiro atoms. The lowest BCUT2D eigenvalue weighted by molar-refractivity contribution is -0.132. The number of hydrogen-bond acceptors (Lipinski definition) is 7. The lowest BCUT2D eigenvalue weighted by Crippen LogP contribution is -2.29. The van der Waals surface area contributed by atoms with E-state index in [9.17, 15) is 14.7 Å². The highest BCUT2D eigenvalue weighted by atomic mass is 16.5. The van der Waals surface area contributed by atoms with Crippen LogP contribution in [0.15, 0.2) is 72.3 Å². The van der Waals surface area contributed by atoms with Crippen LogP contribution in [0.2, 0.25) is 0 Å². The quantitative estimate of drug-likeness (QED) is 0.269. The van der Waals surface area contributed by atoms with E-state index in [0.717, 1.165) is 5.69 Å². The van der Waals surface area contributed by atoms with Crippen molar-refractivity contribution in [2.24, 2.45) is 0 Å². The first-order valence-corrected chi connectivity index (χ1v) is 11.8. The molecule has 0 aromatic heterocycles. The van der Waals surface area contributed by atoms with Gasteiger partial charge in [0, 0.05) is 31.5 Å². The number of nitrogens with zero attached hydrogens (tertiary/aromatic N) is 2. The predicted molar refractivity (Wildman–Crippen MR) is 143 cm³/mol. The van der Waals surface area contributed by atoms with E-state index in [1.54, 1.807) is 42.5 Å². The van der Waals surface area contributed by atoms with Crippen molar-refractivity contribution in [1.82, 2.24) is 0 Å². The molecule has 1 aliphatic heterocycles. The molecule has 0 saturated carbocycles. The topological polar surface area (TPSA) is 88.5 Å². The smallest absolute Gasteiger partial charge is 0.300 e.